The molecule has 0 spiro atoms. The van der Waals surface area contributed by atoms with Gasteiger partial charge < -0.3 is 10.5 Å². The monoisotopic (exact) mass is 265 g/mol. The Balaban J connectivity index is 2.37. The number of nitrogens with two attached hydrogens (primary N) is 1. The maximum atomic E-state index is 13.2. The summed E-state index contributed by atoms with van der Waals surface area (Å²) in [5, 5.41) is 0.498. The van der Waals surface area contributed by atoms with Crippen LogP contribution in [0, 0.1) is 5.82 Å². The zero-order valence-electron chi connectivity index (χ0n) is 9.86. The van der Waals surface area contributed by atoms with Gasteiger partial charge in [0.05, 0.1) is 5.02 Å². The summed E-state index contributed by atoms with van der Waals surface area (Å²) in [7, 11) is 0. The maximum absolute atomic E-state index is 13.2. The molecule has 18 heavy (non-hydrogen) atoms. The molecule has 2 nitrogen and oxygen atoms in total. The summed E-state index contributed by atoms with van der Waals surface area (Å²) in [6, 6.07) is 11.0. The van der Waals surface area contributed by atoms with Crippen molar-refractivity contribution < 1.29 is 9.13 Å². The van der Waals surface area contributed by atoms with Crippen LogP contribution in [0.5, 0.6) is 11.5 Å². The molecule has 4 heteroatoms. The highest BCUT2D eigenvalue weighted by Gasteiger charge is 2.11. The molecule has 0 saturated carbocycles. The number of para-hydroxylation sites is 1. The summed E-state index contributed by atoms with van der Waals surface area (Å²) in [4.78, 5) is 0. The van der Waals surface area contributed by atoms with E-state index in [1.807, 2.05) is 12.1 Å². The topological polar surface area (TPSA) is 35.2 Å². The summed E-state index contributed by atoms with van der Waals surface area (Å²) in [5.74, 6) is 0.695. The summed E-state index contributed by atoms with van der Waals surface area (Å²) < 4.78 is 18.9. The second kappa shape index (κ2) is 5.38. The number of ether oxygens (including phenoxy) is 1. The fourth-order valence-electron chi connectivity index (χ4n) is 1.61. The van der Waals surface area contributed by atoms with Crippen molar-refractivity contribution in [1.82, 2.24) is 0 Å². The molecule has 0 saturated heterocycles. The molecule has 0 bridgehead atoms. The van der Waals surface area contributed by atoms with Crippen molar-refractivity contribution in [3.63, 3.8) is 0 Å². The molecule has 0 amide bonds. The Morgan fingerprint density at radius 3 is 2.56 bits per heavy atom. The molecule has 2 N–H and O–H groups in total. The van der Waals surface area contributed by atoms with Crippen LogP contribution in [-0.2, 0) is 0 Å². The van der Waals surface area contributed by atoms with Gasteiger partial charge in [0.15, 0.2) is 0 Å². The van der Waals surface area contributed by atoms with E-state index >= 15 is 0 Å². The number of benzene rings is 2. The smallest absolute Gasteiger partial charge is 0.146 e. The van der Waals surface area contributed by atoms with E-state index in [2.05, 4.69) is 0 Å². The predicted octanol–water partition coefficient (Wildman–Crippen LogP) is 4.29. The Kier molecular flexibility index (Phi) is 3.84. The van der Waals surface area contributed by atoms with Gasteiger partial charge in [-0.05, 0) is 37.3 Å². The minimum Gasteiger partial charge on any atom is -0.455 e. The summed E-state index contributed by atoms with van der Waals surface area (Å²) >= 11 is 6.01. The first kappa shape index (κ1) is 12.9. The van der Waals surface area contributed by atoms with E-state index in [9.17, 15) is 4.39 Å². The quantitative estimate of drug-likeness (QED) is 0.898. The molecule has 0 fully saturated rings. The lowest BCUT2D eigenvalue weighted by Gasteiger charge is -2.14. The van der Waals surface area contributed by atoms with Crippen LogP contribution in [0.2, 0.25) is 5.02 Å². The standard InChI is InChI=1S/C14H13ClFNO/c1-9(17)11-8-10(16)6-7-13(11)18-14-5-3-2-4-12(14)15/h2-9H,17H2,1H3/t9-/m0/s1. The van der Waals surface area contributed by atoms with Gasteiger partial charge >= 0.3 is 0 Å². The first-order valence-corrected chi connectivity index (χ1v) is 5.93. The van der Waals surface area contributed by atoms with Gasteiger partial charge in [-0.15, -0.1) is 0 Å². The normalized spacial score (nSPS) is 12.2. The molecule has 2 aromatic carbocycles. The number of hydrogen-bond donors (Lipinski definition) is 1. The highest BCUT2D eigenvalue weighted by atomic mass is 35.5. The Morgan fingerprint density at radius 1 is 1.17 bits per heavy atom. The van der Waals surface area contributed by atoms with Crippen molar-refractivity contribution in [3.8, 4) is 11.5 Å². The largest absolute Gasteiger partial charge is 0.455 e. The van der Waals surface area contributed by atoms with E-state index in [1.165, 1.54) is 12.1 Å². The lowest BCUT2D eigenvalue weighted by molar-refractivity contribution is 0.469. The molecule has 0 radical (unpaired) electrons. The van der Waals surface area contributed by atoms with Crippen molar-refractivity contribution >= 4 is 11.6 Å². The molecule has 1 atom stereocenters. The van der Waals surface area contributed by atoms with Crippen LogP contribution in [-0.4, -0.2) is 0 Å². The van der Waals surface area contributed by atoms with Crippen LogP contribution in [0.15, 0.2) is 42.5 Å². The van der Waals surface area contributed by atoms with Crippen molar-refractivity contribution in [3.05, 3.63) is 58.9 Å². The van der Waals surface area contributed by atoms with Gasteiger partial charge in [0, 0.05) is 11.6 Å². The average Bonchev–Trinajstić information content (AvgIpc) is 2.34. The molecule has 0 heterocycles. The molecule has 2 rings (SSSR count). The van der Waals surface area contributed by atoms with Gasteiger partial charge in [-0.1, -0.05) is 23.7 Å². The van der Waals surface area contributed by atoms with Gasteiger partial charge in [-0.3, -0.25) is 0 Å². The second-order valence-corrected chi connectivity index (χ2v) is 4.41. The van der Waals surface area contributed by atoms with E-state index in [1.54, 1.807) is 25.1 Å². The van der Waals surface area contributed by atoms with Crippen LogP contribution in [0.4, 0.5) is 4.39 Å². The average molecular weight is 266 g/mol. The van der Waals surface area contributed by atoms with Crippen molar-refractivity contribution in [2.75, 3.05) is 0 Å². The van der Waals surface area contributed by atoms with Crippen LogP contribution < -0.4 is 10.5 Å². The Hall–Kier alpha value is -1.58. The third-order valence-electron chi connectivity index (χ3n) is 2.52. The van der Waals surface area contributed by atoms with Gasteiger partial charge in [0.1, 0.15) is 17.3 Å². The van der Waals surface area contributed by atoms with E-state index in [0.717, 1.165) is 0 Å². The molecule has 0 aliphatic heterocycles. The first-order chi connectivity index (χ1) is 8.58. The minimum atomic E-state index is -0.339. The van der Waals surface area contributed by atoms with Crippen molar-refractivity contribution in [2.45, 2.75) is 13.0 Å². The Bertz CT molecular complexity index is 557. The molecule has 0 aliphatic rings. The minimum absolute atomic E-state index is 0.321. The molecule has 0 aromatic heterocycles. The zero-order valence-corrected chi connectivity index (χ0v) is 10.6. The lowest BCUT2D eigenvalue weighted by atomic mass is 10.1. The van der Waals surface area contributed by atoms with Gasteiger partial charge in [-0.25, -0.2) is 4.39 Å². The fourth-order valence-corrected chi connectivity index (χ4v) is 1.79. The Labute approximate surface area is 110 Å². The highest BCUT2D eigenvalue weighted by Crippen LogP contribution is 2.33. The first-order valence-electron chi connectivity index (χ1n) is 5.55. The van der Waals surface area contributed by atoms with Gasteiger partial charge in [0.2, 0.25) is 0 Å². The predicted molar refractivity (Wildman–Crippen MR) is 70.5 cm³/mol. The van der Waals surface area contributed by atoms with E-state index < -0.39 is 0 Å². The van der Waals surface area contributed by atoms with Crippen LogP contribution in [0.1, 0.15) is 18.5 Å². The van der Waals surface area contributed by atoms with Crippen LogP contribution >= 0.6 is 11.6 Å². The van der Waals surface area contributed by atoms with E-state index in [0.29, 0.717) is 22.1 Å². The molecule has 94 valence electrons. The third kappa shape index (κ3) is 2.81. The number of halogens is 2. The fraction of sp³-hybridized carbons (Fsp3) is 0.143. The summed E-state index contributed by atoms with van der Waals surface area (Å²) in [5.41, 5.74) is 6.40. The SMILES string of the molecule is C[C@H](N)c1cc(F)ccc1Oc1ccccc1Cl. The molecule has 2 aromatic rings. The summed E-state index contributed by atoms with van der Waals surface area (Å²) in [6.45, 7) is 1.77. The highest BCUT2D eigenvalue weighted by molar-refractivity contribution is 6.32. The maximum Gasteiger partial charge on any atom is 0.146 e. The summed E-state index contributed by atoms with van der Waals surface area (Å²) in [6.07, 6.45) is 0. The molecule has 0 aliphatic carbocycles. The van der Waals surface area contributed by atoms with Crippen LogP contribution in [0.3, 0.4) is 0 Å². The second-order valence-electron chi connectivity index (χ2n) is 4.00. The molecule has 0 unspecified atom stereocenters. The van der Waals surface area contributed by atoms with Crippen LogP contribution in [0.25, 0.3) is 0 Å². The van der Waals surface area contributed by atoms with Gasteiger partial charge in [0.25, 0.3) is 0 Å². The van der Waals surface area contributed by atoms with Gasteiger partial charge in [-0.2, -0.15) is 0 Å². The molecular formula is C14H13ClFNO. The van der Waals surface area contributed by atoms with Crippen molar-refractivity contribution in [1.29, 1.82) is 0 Å². The van der Waals surface area contributed by atoms with E-state index in [-0.39, 0.29) is 11.9 Å². The third-order valence-corrected chi connectivity index (χ3v) is 2.83. The van der Waals surface area contributed by atoms with Crippen molar-refractivity contribution in [2.24, 2.45) is 5.73 Å². The Morgan fingerprint density at radius 2 is 1.89 bits per heavy atom. The number of rotatable bonds is 3. The lowest BCUT2D eigenvalue weighted by Crippen LogP contribution is -2.07. The zero-order chi connectivity index (χ0) is 13.1. The molecular weight excluding hydrogens is 253 g/mol. The number of hydrogen-bond acceptors (Lipinski definition) is 2. The van der Waals surface area contributed by atoms with E-state index in [4.69, 9.17) is 22.1 Å².